The molecular weight excluding hydrogens is 354 g/mol. The van der Waals surface area contributed by atoms with Gasteiger partial charge in [0.25, 0.3) is 6.43 Å². The third-order valence-electron chi connectivity index (χ3n) is 3.76. The molecule has 2 N–H and O–H groups in total. The highest BCUT2D eigenvalue weighted by molar-refractivity contribution is 5.79. The van der Waals surface area contributed by atoms with E-state index in [0.29, 0.717) is 24.8 Å². The molecule has 9 heteroatoms. The maximum absolute atomic E-state index is 12.2. The summed E-state index contributed by atoms with van der Waals surface area (Å²) >= 11 is 0. The third kappa shape index (κ3) is 5.13. The molecule has 0 aliphatic rings. The number of alkyl halides is 2. The Bertz CT molecular complexity index is 912. The first-order valence-electron chi connectivity index (χ1n) is 8.39. The fourth-order valence-corrected chi connectivity index (χ4v) is 2.49. The van der Waals surface area contributed by atoms with E-state index in [9.17, 15) is 8.78 Å². The molecule has 0 saturated heterocycles. The number of benzene rings is 1. The molecule has 0 atom stereocenters. The van der Waals surface area contributed by atoms with Gasteiger partial charge >= 0.3 is 0 Å². The number of guanidine groups is 1. The van der Waals surface area contributed by atoms with Gasteiger partial charge in [-0.2, -0.15) is 0 Å². The van der Waals surface area contributed by atoms with E-state index in [-0.39, 0.29) is 0 Å². The fraction of sp³-hybridized carbons (Fsp3) is 0.278. The lowest BCUT2D eigenvalue weighted by atomic mass is 10.2. The maximum Gasteiger partial charge on any atom is 0.272 e. The second-order valence-electron chi connectivity index (χ2n) is 5.67. The van der Waals surface area contributed by atoms with Gasteiger partial charge in [0.05, 0.1) is 6.54 Å². The first-order valence-corrected chi connectivity index (χ1v) is 8.39. The summed E-state index contributed by atoms with van der Waals surface area (Å²) in [4.78, 5) is 4.17. The lowest BCUT2D eigenvalue weighted by Crippen LogP contribution is -2.36. The molecule has 0 saturated carbocycles. The Kier molecular flexibility index (Phi) is 6.14. The molecule has 0 spiro atoms. The van der Waals surface area contributed by atoms with Crippen molar-refractivity contribution in [3.63, 3.8) is 0 Å². The second kappa shape index (κ2) is 8.93. The van der Waals surface area contributed by atoms with Crippen LogP contribution in [0.4, 0.5) is 8.78 Å². The number of pyridine rings is 1. The van der Waals surface area contributed by atoms with E-state index in [1.165, 1.54) is 0 Å². The Hall–Kier alpha value is -3.23. The number of nitrogens with zero attached hydrogens (tertiary/aromatic N) is 4. The normalized spacial score (nSPS) is 11.8. The standard InChI is InChI=1S/C18H20F2N6O/c1-21-18(23-11-17-25-24-16-7-2-3-8-26(16)17)22-10-13-5-4-6-14(9-13)27-12-15(19)20/h2-9,15H,10-12H2,1H3,(H2,21,22,23). The van der Waals surface area contributed by atoms with Crippen molar-refractivity contribution in [1.82, 2.24) is 25.2 Å². The molecule has 0 aliphatic carbocycles. The number of hydrogen-bond donors (Lipinski definition) is 2. The Labute approximate surface area is 155 Å². The molecular formula is C18H20F2N6O. The Morgan fingerprint density at radius 2 is 2.00 bits per heavy atom. The summed E-state index contributed by atoms with van der Waals surface area (Å²) in [5, 5.41) is 14.6. The molecule has 7 nitrogen and oxygen atoms in total. The molecule has 2 heterocycles. The van der Waals surface area contributed by atoms with Crippen LogP contribution in [0.3, 0.4) is 0 Å². The first-order chi connectivity index (χ1) is 13.2. The Morgan fingerprint density at radius 3 is 2.81 bits per heavy atom. The predicted molar refractivity (Wildman–Crippen MR) is 98.0 cm³/mol. The highest BCUT2D eigenvalue weighted by Crippen LogP contribution is 2.14. The third-order valence-corrected chi connectivity index (χ3v) is 3.76. The average molecular weight is 374 g/mol. The molecule has 0 aliphatic heterocycles. The van der Waals surface area contributed by atoms with Crippen molar-refractivity contribution in [2.75, 3.05) is 13.7 Å². The summed E-state index contributed by atoms with van der Waals surface area (Å²) in [5.41, 5.74) is 1.66. The van der Waals surface area contributed by atoms with Crippen molar-refractivity contribution >= 4 is 11.6 Å². The van der Waals surface area contributed by atoms with Gasteiger partial charge in [0.1, 0.15) is 12.4 Å². The van der Waals surface area contributed by atoms with Gasteiger partial charge < -0.3 is 15.4 Å². The summed E-state index contributed by atoms with van der Waals surface area (Å²) in [6, 6.07) is 12.7. The van der Waals surface area contributed by atoms with Crippen LogP contribution in [0.15, 0.2) is 53.7 Å². The van der Waals surface area contributed by atoms with Crippen molar-refractivity contribution in [3.05, 3.63) is 60.0 Å². The largest absolute Gasteiger partial charge is 0.488 e. The van der Waals surface area contributed by atoms with E-state index < -0.39 is 13.0 Å². The zero-order chi connectivity index (χ0) is 19.1. The topological polar surface area (TPSA) is 75.8 Å². The quantitative estimate of drug-likeness (QED) is 0.490. The highest BCUT2D eigenvalue weighted by Gasteiger charge is 2.07. The average Bonchev–Trinajstić information content (AvgIpc) is 3.10. The van der Waals surface area contributed by atoms with Crippen LogP contribution in [0, 0.1) is 0 Å². The van der Waals surface area contributed by atoms with Gasteiger partial charge in [-0.05, 0) is 29.8 Å². The summed E-state index contributed by atoms with van der Waals surface area (Å²) in [6.07, 6.45) is -0.601. The van der Waals surface area contributed by atoms with E-state index in [0.717, 1.165) is 17.0 Å². The van der Waals surface area contributed by atoms with Gasteiger partial charge in [-0.15, -0.1) is 10.2 Å². The van der Waals surface area contributed by atoms with E-state index >= 15 is 0 Å². The van der Waals surface area contributed by atoms with Crippen LogP contribution in [-0.2, 0) is 13.1 Å². The minimum Gasteiger partial charge on any atom is -0.488 e. The molecule has 0 bridgehead atoms. The van der Waals surface area contributed by atoms with E-state index in [1.807, 2.05) is 34.9 Å². The molecule has 3 aromatic rings. The summed E-state index contributed by atoms with van der Waals surface area (Å²) in [6.45, 7) is 0.293. The minimum atomic E-state index is -2.50. The first kappa shape index (κ1) is 18.6. The van der Waals surface area contributed by atoms with Crippen LogP contribution >= 0.6 is 0 Å². The Balaban J connectivity index is 1.54. The summed E-state index contributed by atoms with van der Waals surface area (Å²) in [7, 11) is 1.67. The highest BCUT2D eigenvalue weighted by atomic mass is 19.3. The zero-order valence-corrected chi connectivity index (χ0v) is 14.8. The lowest BCUT2D eigenvalue weighted by molar-refractivity contribution is 0.0818. The molecule has 142 valence electrons. The summed E-state index contributed by atoms with van der Waals surface area (Å²) in [5.74, 6) is 1.75. The number of rotatable bonds is 7. The van der Waals surface area contributed by atoms with E-state index in [2.05, 4.69) is 25.8 Å². The molecule has 3 rings (SSSR count). The molecule has 0 fully saturated rings. The van der Waals surface area contributed by atoms with Crippen LogP contribution in [0.25, 0.3) is 5.65 Å². The van der Waals surface area contributed by atoms with Gasteiger partial charge in [-0.3, -0.25) is 9.39 Å². The number of nitrogens with one attached hydrogen (secondary N) is 2. The van der Waals surface area contributed by atoms with Crippen LogP contribution in [0.2, 0.25) is 0 Å². The van der Waals surface area contributed by atoms with Crippen molar-refractivity contribution in [2.24, 2.45) is 4.99 Å². The zero-order valence-electron chi connectivity index (χ0n) is 14.8. The van der Waals surface area contributed by atoms with Gasteiger partial charge in [0, 0.05) is 19.8 Å². The fourth-order valence-electron chi connectivity index (χ4n) is 2.49. The Morgan fingerprint density at radius 1 is 1.15 bits per heavy atom. The van der Waals surface area contributed by atoms with Gasteiger partial charge in [-0.1, -0.05) is 18.2 Å². The predicted octanol–water partition coefficient (Wildman–Crippen LogP) is 2.24. The summed E-state index contributed by atoms with van der Waals surface area (Å²) < 4.78 is 31.4. The van der Waals surface area contributed by atoms with Gasteiger partial charge in [0.15, 0.2) is 17.4 Å². The smallest absolute Gasteiger partial charge is 0.272 e. The lowest BCUT2D eigenvalue weighted by Gasteiger charge is -2.12. The molecule has 2 aromatic heterocycles. The van der Waals surface area contributed by atoms with Gasteiger partial charge in [0.2, 0.25) is 0 Å². The maximum atomic E-state index is 12.2. The SMILES string of the molecule is CN=C(NCc1cccc(OCC(F)F)c1)NCc1nnc2ccccn12. The van der Waals surface area contributed by atoms with Gasteiger partial charge in [-0.25, -0.2) is 8.78 Å². The molecule has 0 radical (unpaired) electrons. The molecule has 27 heavy (non-hydrogen) atoms. The van der Waals surface area contributed by atoms with Crippen LogP contribution in [-0.4, -0.2) is 40.6 Å². The monoisotopic (exact) mass is 374 g/mol. The molecule has 0 amide bonds. The van der Waals surface area contributed by atoms with E-state index in [4.69, 9.17) is 4.74 Å². The number of aromatic nitrogens is 3. The number of halogens is 2. The van der Waals surface area contributed by atoms with Crippen molar-refractivity contribution in [3.8, 4) is 5.75 Å². The number of ether oxygens (including phenoxy) is 1. The van der Waals surface area contributed by atoms with Crippen molar-refractivity contribution in [2.45, 2.75) is 19.5 Å². The number of fused-ring (bicyclic) bond motifs is 1. The minimum absolute atomic E-state index is 0.410. The van der Waals surface area contributed by atoms with Crippen LogP contribution in [0.5, 0.6) is 5.75 Å². The molecule has 1 aromatic carbocycles. The van der Waals surface area contributed by atoms with Crippen LogP contribution < -0.4 is 15.4 Å². The number of aliphatic imine (C=N–C) groups is 1. The van der Waals surface area contributed by atoms with Crippen molar-refractivity contribution in [1.29, 1.82) is 0 Å². The number of hydrogen-bond acceptors (Lipinski definition) is 4. The molecule has 0 unspecified atom stereocenters. The van der Waals surface area contributed by atoms with E-state index in [1.54, 1.807) is 25.2 Å². The second-order valence-corrected chi connectivity index (χ2v) is 5.67. The van der Waals surface area contributed by atoms with Crippen LogP contribution in [0.1, 0.15) is 11.4 Å². The van der Waals surface area contributed by atoms with Crippen molar-refractivity contribution < 1.29 is 13.5 Å².